The van der Waals surface area contributed by atoms with Crippen molar-refractivity contribution in [3.8, 4) is 11.1 Å². The van der Waals surface area contributed by atoms with E-state index in [0.29, 0.717) is 18.3 Å². The second-order valence-corrected chi connectivity index (χ2v) is 8.00. The van der Waals surface area contributed by atoms with E-state index in [1.54, 1.807) is 18.4 Å². The number of amides is 1. The molecular weight excluding hydrogens is 408 g/mol. The van der Waals surface area contributed by atoms with Crippen molar-refractivity contribution in [3.05, 3.63) is 47.0 Å². The third-order valence-electron chi connectivity index (χ3n) is 4.08. The van der Waals surface area contributed by atoms with Crippen LogP contribution in [0.15, 0.2) is 42.0 Å². The largest absolute Gasteiger partial charge is 0.377 e. The molecule has 29 heavy (non-hydrogen) atoms. The van der Waals surface area contributed by atoms with E-state index in [1.807, 2.05) is 18.2 Å². The summed E-state index contributed by atoms with van der Waals surface area (Å²) in [7, 11) is 1.59. The van der Waals surface area contributed by atoms with E-state index in [9.17, 15) is 4.79 Å². The van der Waals surface area contributed by atoms with Gasteiger partial charge in [-0.3, -0.25) is 4.79 Å². The summed E-state index contributed by atoms with van der Waals surface area (Å²) in [5, 5.41) is 18.2. The van der Waals surface area contributed by atoms with Crippen LogP contribution < -0.4 is 10.6 Å². The highest BCUT2D eigenvalue weighted by Crippen LogP contribution is 2.36. The maximum Gasteiger partial charge on any atom is 0.227 e. The minimum atomic E-state index is -0.142. The van der Waals surface area contributed by atoms with Crippen molar-refractivity contribution in [2.45, 2.75) is 13.0 Å². The molecule has 4 aromatic rings. The van der Waals surface area contributed by atoms with Gasteiger partial charge in [0, 0.05) is 31.0 Å². The molecule has 0 radical (unpaired) electrons. The van der Waals surface area contributed by atoms with Crippen LogP contribution in [-0.2, 0) is 16.1 Å². The van der Waals surface area contributed by atoms with Crippen LogP contribution in [0.1, 0.15) is 11.4 Å². The number of carbonyl (C=O) groups is 1. The Hall–Kier alpha value is -2.95. The molecular formula is C19H18N6O2S2. The summed E-state index contributed by atoms with van der Waals surface area (Å²) in [5.41, 5.74) is 2.19. The van der Waals surface area contributed by atoms with Gasteiger partial charge in [0.05, 0.1) is 5.39 Å². The molecule has 0 aliphatic heterocycles. The topological polar surface area (TPSA) is 102 Å². The second kappa shape index (κ2) is 9.03. The number of carbonyl (C=O) groups excluding carboxylic acids is 1. The number of anilines is 2. The van der Waals surface area contributed by atoms with Gasteiger partial charge in [-0.2, -0.15) is 0 Å². The molecule has 0 fully saturated rings. The molecule has 1 amide bonds. The van der Waals surface area contributed by atoms with Crippen molar-refractivity contribution in [1.82, 2.24) is 20.2 Å². The van der Waals surface area contributed by atoms with Crippen molar-refractivity contribution < 1.29 is 9.53 Å². The van der Waals surface area contributed by atoms with Crippen LogP contribution in [0.25, 0.3) is 21.3 Å². The summed E-state index contributed by atoms with van der Waals surface area (Å²) in [6, 6.07) is 10.1. The number of ether oxygens (including phenoxy) is 1. The molecule has 8 nitrogen and oxygen atoms in total. The Morgan fingerprint density at radius 1 is 1.17 bits per heavy atom. The van der Waals surface area contributed by atoms with Gasteiger partial charge in [-0.05, 0) is 5.56 Å². The summed E-state index contributed by atoms with van der Waals surface area (Å²) in [4.78, 5) is 21.9. The molecule has 3 heterocycles. The van der Waals surface area contributed by atoms with Crippen LogP contribution in [0.5, 0.6) is 0 Å². The van der Waals surface area contributed by atoms with E-state index in [1.165, 1.54) is 17.7 Å². The van der Waals surface area contributed by atoms with E-state index < -0.39 is 0 Å². The molecule has 0 aliphatic rings. The molecule has 2 N–H and O–H groups in total. The van der Waals surface area contributed by atoms with Crippen LogP contribution >= 0.6 is 22.7 Å². The first kappa shape index (κ1) is 19.4. The molecule has 0 saturated carbocycles. The molecule has 0 unspecified atom stereocenters. The van der Waals surface area contributed by atoms with Crippen LogP contribution in [0, 0.1) is 0 Å². The number of benzene rings is 1. The van der Waals surface area contributed by atoms with Crippen molar-refractivity contribution in [3.63, 3.8) is 0 Å². The van der Waals surface area contributed by atoms with Gasteiger partial charge in [0.25, 0.3) is 0 Å². The molecule has 4 rings (SSSR count). The molecule has 0 bridgehead atoms. The highest BCUT2D eigenvalue weighted by Gasteiger charge is 2.13. The average molecular weight is 427 g/mol. The summed E-state index contributed by atoms with van der Waals surface area (Å²) in [6.45, 7) is 0.814. The lowest BCUT2D eigenvalue weighted by molar-refractivity contribution is -0.115. The number of aromatic nitrogens is 4. The maximum absolute atomic E-state index is 12.2. The van der Waals surface area contributed by atoms with E-state index in [0.717, 1.165) is 32.2 Å². The molecule has 0 spiro atoms. The van der Waals surface area contributed by atoms with Gasteiger partial charge in [0.15, 0.2) is 0 Å². The first-order valence-corrected chi connectivity index (χ1v) is 10.6. The van der Waals surface area contributed by atoms with Crippen LogP contribution in [0.2, 0.25) is 0 Å². The lowest BCUT2D eigenvalue weighted by Crippen LogP contribution is -2.16. The standard InChI is InChI=1S/C19H18N6O2S2/c1-27-9-15-24-25-19(29-15)23-14(26)7-8-20-17-16-13(12-5-3-2-4-6-12)10-28-18(16)22-11-21-17/h2-6,10-11H,7-9H2,1H3,(H,20,21,22)(H,23,25,26). The van der Waals surface area contributed by atoms with E-state index in [-0.39, 0.29) is 12.3 Å². The van der Waals surface area contributed by atoms with Gasteiger partial charge in [-0.1, -0.05) is 41.7 Å². The zero-order valence-corrected chi connectivity index (χ0v) is 17.2. The van der Waals surface area contributed by atoms with Crippen molar-refractivity contribution in [1.29, 1.82) is 0 Å². The Bertz CT molecular complexity index is 1110. The Labute approximate surface area is 175 Å². The fourth-order valence-corrected chi connectivity index (χ4v) is 4.45. The van der Waals surface area contributed by atoms with Gasteiger partial charge >= 0.3 is 0 Å². The minimum absolute atomic E-state index is 0.142. The number of hydrogen-bond acceptors (Lipinski definition) is 9. The maximum atomic E-state index is 12.2. The Morgan fingerprint density at radius 2 is 2.03 bits per heavy atom. The number of rotatable bonds is 8. The lowest BCUT2D eigenvalue weighted by atomic mass is 10.1. The Morgan fingerprint density at radius 3 is 2.86 bits per heavy atom. The third-order valence-corrected chi connectivity index (χ3v) is 5.78. The average Bonchev–Trinajstić information content (AvgIpc) is 3.36. The molecule has 3 aromatic heterocycles. The Kier molecular flexibility index (Phi) is 6.03. The number of nitrogens with one attached hydrogen (secondary N) is 2. The molecule has 0 aliphatic carbocycles. The van der Waals surface area contributed by atoms with Crippen molar-refractivity contribution >= 4 is 49.7 Å². The zero-order chi connectivity index (χ0) is 20.1. The van der Waals surface area contributed by atoms with Crippen LogP contribution in [-0.4, -0.2) is 39.7 Å². The Balaban J connectivity index is 1.42. The fourth-order valence-electron chi connectivity index (χ4n) is 2.80. The summed E-state index contributed by atoms with van der Waals surface area (Å²) in [5.74, 6) is 0.581. The fraction of sp³-hybridized carbons (Fsp3) is 0.211. The van der Waals surface area contributed by atoms with Gasteiger partial charge in [-0.25, -0.2) is 9.97 Å². The molecule has 10 heteroatoms. The quantitative estimate of drug-likeness (QED) is 0.442. The lowest BCUT2D eigenvalue weighted by Gasteiger charge is -2.08. The SMILES string of the molecule is COCc1nnc(NC(=O)CCNc2ncnc3scc(-c4ccccc4)c23)s1. The highest BCUT2D eigenvalue weighted by molar-refractivity contribution is 7.17. The monoisotopic (exact) mass is 426 g/mol. The first-order valence-electron chi connectivity index (χ1n) is 8.87. The van der Waals surface area contributed by atoms with Gasteiger partial charge < -0.3 is 15.4 Å². The van der Waals surface area contributed by atoms with E-state index >= 15 is 0 Å². The smallest absolute Gasteiger partial charge is 0.227 e. The molecule has 0 saturated heterocycles. The number of fused-ring (bicyclic) bond motifs is 1. The van der Waals surface area contributed by atoms with Crippen LogP contribution in [0.3, 0.4) is 0 Å². The predicted molar refractivity (Wildman–Crippen MR) is 115 cm³/mol. The first-order chi connectivity index (χ1) is 14.2. The highest BCUT2D eigenvalue weighted by atomic mass is 32.1. The molecule has 1 aromatic carbocycles. The van der Waals surface area contributed by atoms with E-state index in [4.69, 9.17) is 4.74 Å². The van der Waals surface area contributed by atoms with Crippen LogP contribution in [0.4, 0.5) is 10.9 Å². The zero-order valence-electron chi connectivity index (χ0n) is 15.6. The number of methoxy groups -OCH3 is 1. The van der Waals surface area contributed by atoms with E-state index in [2.05, 4.69) is 48.3 Å². The number of nitrogens with zero attached hydrogens (tertiary/aromatic N) is 4. The van der Waals surface area contributed by atoms with Crippen molar-refractivity contribution in [2.24, 2.45) is 0 Å². The normalized spacial score (nSPS) is 10.9. The molecule has 0 atom stereocenters. The van der Waals surface area contributed by atoms with Gasteiger partial charge in [0.1, 0.15) is 28.6 Å². The van der Waals surface area contributed by atoms with Gasteiger partial charge in [-0.15, -0.1) is 21.5 Å². The number of hydrogen-bond donors (Lipinski definition) is 2. The van der Waals surface area contributed by atoms with Crippen molar-refractivity contribution in [2.75, 3.05) is 24.3 Å². The molecule has 148 valence electrons. The predicted octanol–water partition coefficient (Wildman–Crippen LogP) is 3.80. The minimum Gasteiger partial charge on any atom is -0.377 e. The summed E-state index contributed by atoms with van der Waals surface area (Å²) in [6.07, 6.45) is 1.81. The summed E-state index contributed by atoms with van der Waals surface area (Å²) < 4.78 is 5.00. The summed E-state index contributed by atoms with van der Waals surface area (Å²) >= 11 is 2.88. The van der Waals surface area contributed by atoms with Gasteiger partial charge in [0.2, 0.25) is 11.0 Å². The second-order valence-electron chi connectivity index (χ2n) is 6.08. The number of thiophene rings is 1. The third kappa shape index (κ3) is 4.56.